The van der Waals surface area contributed by atoms with Gasteiger partial charge in [-0.15, -0.1) is 11.3 Å². The number of thiophene rings is 1. The maximum atomic E-state index is 13.3. The number of nitrogens with one attached hydrogen (secondary N) is 1. The summed E-state index contributed by atoms with van der Waals surface area (Å²) in [6.07, 6.45) is 2.98. The molecule has 1 atom stereocenters. The number of fused-ring (bicyclic) bond motifs is 3. The van der Waals surface area contributed by atoms with Crippen molar-refractivity contribution < 1.29 is 9.53 Å². The molecule has 1 unspecified atom stereocenters. The number of aryl methyl sites for hydroxylation is 2. The van der Waals surface area contributed by atoms with E-state index in [0.29, 0.717) is 28.6 Å². The van der Waals surface area contributed by atoms with E-state index < -0.39 is 0 Å². The van der Waals surface area contributed by atoms with Gasteiger partial charge >= 0.3 is 0 Å². The van der Waals surface area contributed by atoms with Crippen molar-refractivity contribution in [1.82, 2.24) is 9.55 Å². The van der Waals surface area contributed by atoms with Gasteiger partial charge in [0.15, 0.2) is 0 Å². The number of anilines is 1. The lowest BCUT2D eigenvalue weighted by Gasteiger charge is -2.17. The molecule has 5 rings (SSSR count). The number of para-hydroxylation sites is 1. The zero-order valence-electron chi connectivity index (χ0n) is 18.6. The molecule has 1 aliphatic rings. The molecule has 0 bridgehead atoms. The first-order valence-corrected chi connectivity index (χ1v) is 11.9. The maximum absolute atomic E-state index is 13.3. The summed E-state index contributed by atoms with van der Waals surface area (Å²) in [7, 11) is 0. The fourth-order valence-electron chi connectivity index (χ4n) is 4.29. The van der Waals surface area contributed by atoms with Gasteiger partial charge in [-0.25, -0.2) is 4.98 Å². The molecule has 2 heterocycles. The highest BCUT2D eigenvalue weighted by Gasteiger charge is 2.24. The zero-order valence-corrected chi connectivity index (χ0v) is 19.4. The monoisotopic (exact) mass is 459 g/mol. The van der Waals surface area contributed by atoms with Crippen LogP contribution in [0.2, 0.25) is 0 Å². The summed E-state index contributed by atoms with van der Waals surface area (Å²) in [5, 5.41) is 3.56. The lowest BCUT2D eigenvalue weighted by Crippen LogP contribution is -2.30. The van der Waals surface area contributed by atoms with E-state index >= 15 is 0 Å². The molecule has 1 N–H and O–H groups in total. The van der Waals surface area contributed by atoms with Crippen LogP contribution >= 0.6 is 11.3 Å². The second kappa shape index (κ2) is 8.83. The number of hydrogen-bond donors (Lipinski definition) is 1. The summed E-state index contributed by atoms with van der Waals surface area (Å²) in [5.74, 6) is 2.34. The van der Waals surface area contributed by atoms with Gasteiger partial charge in [0.2, 0.25) is 5.91 Å². The SMILES string of the molecule is Cc1nc2sc3c(c2c(=O)n1CC(=O)Nc1ccc(Oc2ccccc2)cc1)CCC(C)C3. The van der Waals surface area contributed by atoms with Gasteiger partial charge in [-0.3, -0.25) is 14.2 Å². The first kappa shape index (κ1) is 21.4. The fraction of sp³-hybridized carbons (Fsp3) is 0.269. The van der Waals surface area contributed by atoms with E-state index in [9.17, 15) is 9.59 Å². The topological polar surface area (TPSA) is 73.2 Å². The number of benzene rings is 2. The summed E-state index contributed by atoms with van der Waals surface area (Å²) in [6.45, 7) is 3.96. The molecule has 2 aromatic carbocycles. The van der Waals surface area contributed by atoms with E-state index in [1.54, 1.807) is 42.5 Å². The Kier molecular flexibility index (Phi) is 5.72. The number of carbonyl (C=O) groups excluding carboxylic acids is 1. The van der Waals surface area contributed by atoms with Crippen LogP contribution in [0.4, 0.5) is 5.69 Å². The minimum atomic E-state index is -0.268. The molecule has 6 nitrogen and oxygen atoms in total. The first-order chi connectivity index (χ1) is 16.0. The minimum absolute atomic E-state index is 0.0725. The normalized spacial score (nSPS) is 15.3. The number of nitrogens with zero attached hydrogens (tertiary/aromatic N) is 2. The van der Waals surface area contributed by atoms with Crippen LogP contribution in [0.25, 0.3) is 10.2 Å². The Morgan fingerprint density at radius 1 is 1.15 bits per heavy atom. The van der Waals surface area contributed by atoms with E-state index in [-0.39, 0.29) is 18.0 Å². The molecular weight excluding hydrogens is 434 g/mol. The molecule has 33 heavy (non-hydrogen) atoms. The second-order valence-electron chi connectivity index (χ2n) is 8.57. The van der Waals surface area contributed by atoms with E-state index in [0.717, 1.165) is 35.4 Å². The molecule has 4 aromatic rings. The van der Waals surface area contributed by atoms with Crippen molar-refractivity contribution in [2.75, 3.05) is 5.32 Å². The molecule has 0 aliphatic heterocycles. The summed E-state index contributed by atoms with van der Waals surface area (Å²) < 4.78 is 7.27. The summed E-state index contributed by atoms with van der Waals surface area (Å²) >= 11 is 1.63. The summed E-state index contributed by atoms with van der Waals surface area (Å²) in [6, 6.07) is 16.7. The third-order valence-electron chi connectivity index (χ3n) is 6.02. The van der Waals surface area contributed by atoms with Gasteiger partial charge in [-0.05, 0) is 74.1 Å². The van der Waals surface area contributed by atoms with E-state index in [1.165, 1.54) is 9.44 Å². The Morgan fingerprint density at radius 2 is 1.88 bits per heavy atom. The van der Waals surface area contributed by atoms with E-state index in [1.807, 2.05) is 30.3 Å². The van der Waals surface area contributed by atoms with Crippen LogP contribution in [0, 0.1) is 12.8 Å². The Balaban J connectivity index is 1.32. The molecule has 0 saturated heterocycles. The lowest BCUT2D eigenvalue weighted by atomic mass is 9.89. The Bertz CT molecular complexity index is 1370. The van der Waals surface area contributed by atoms with Crippen LogP contribution in [0.1, 0.15) is 29.6 Å². The number of rotatable bonds is 5. The standard InChI is InChI=1S/C26H25N3O3S/c1-16-8-13-21-22(14-16)33-25-24(21)26(31)29(17(2)27-25)15-23(30)28-18-9-11-20(12-10-18)32-19-6-4-3-5-7-19/h3-7,9-12,16H,8,13-15H2,1-2H3,(H,28,30). The highest BCUT2D eigenvalue weighted by molar-refractivity contribution is 7.18. The van der Waals surface area contributed by atoms with Gasteiger partial charge in [-0.2, -0.15) is 0 Å². The van der Waals surface area contributed by atoms with Crippen molar-refractivity contribution >= 4 is 33.1 Å². The van der Waals surface area contributed by atoms with Crippen molar-refractivity contribution in [2.45, 2.75) is 39.7 Å². The Hall–Kier alpha value is -3.45. The van der Waals surface area contributed by atoms with Crippen LogP contribution in [0.5, 0.6) is 11.5 Å². The third-order valence-corrected chi connectivity index (χ3v) is 7.17. The van der Waals surface area contributed by atoms with Crippen molar-refractivity contribution in [3.63, 3.8) is 0 Å². The van der Waals surface area contributed by atoms with Crippen LogP contribution in [0.3, 0.4) is 0 Å². The Labute approximate surface area is 195 Å². The van der Waals surface area contributed by atoms with Crippen molar-refractivity contribution in [3.8, 4) is 11.5 Å². The molecular formula is C26H25N3O3S. The van der Waals surface area contributed by atoms with Gasteiger partial charge in [0, 0.05) is 10.6 Å². The van der Waals surface area contributed by atoms with Crippen LogP contribution in [-0.4, -0.2) is 15.5 Å². The highest BCUT2D eigenvalue weighted by Crippen LogP contribution is 2.35. The van der Waals surface area contributed by atoms with Gasteiger partial charge < -0.3 is 10.1 Å². The third kappa shape index (κ3) is 4.41. The number of ether oxygens (including phenoxy) is 1. The molecule has 168 valence electrons. The molecule has 0 spiro atoms. The van der Waals surface area contributed by atoms with Crippen molar-refractivity contribution in [2.24, 2.45) is 5.92 Å². The molecule has 1 aliphatic carbocycles. The van der Waals surface area contributed by atoms with Gasteiger partial charge in [0.05, 0.1) is 5.39 Å². The average Bonchev–Trinajstić information content (AvgIpc) is 3.15. The maximum Gasteiger partial charge on any atom is 0.263 e. The molecule has 7 heteroatoms. The predicted octanol–water partition coefficient (Wildman–Crippen LogP) is 5.32. The van der Waals surface area contributed by atoms with Crippen molar-refractivity contribution in [3.05, 3.63) is 81.2 Å². The van der Waals surface area contributed by atoms with Crippen LogP contribution < -0.4 is 15.6 Å². The van der Waals surface area contributed by atoms with E-state index in [2.05, 4.69) is 17.2 Å². The molecule has 0 fully saturated rings. The number of carbonyl (C=O) groups is 1. The molecule has 2 aromatic heterocycles. The lowest BCUT2D eigenvalue weighted by molar-refractivity contribution is -0.116. The fourth-order valence-corrected chi connectivity index (χ4v) is 5.71. The number of amides is 1. The predicted molar refractivity (Wildman–Crippen MR) is 131 cm³/mol. The summed E-state index contributed by atoms with van der Waals surface area (Å²) in [5.41, 5.74) is 1.65. The highest BCUT2D eigenvalue weighted by atomic mass is 32.1. The number of aromatic nitrogens is 2. The second-order valence-corrected chi connectivity index (χ2v) is 9.65. The largest absolute Gasteiger partial charge is 0.457 e. The Morgan fingerprint density at radius 3 is 2.64 bits per heavy atom. The molecule has 0 saturated carbocycles. The first-order valence-electron chi connectivity index (χ1n) is 11.1. The van der Waals surface area contributed by atoms with Gasteiger partial charge in [0.1, 0.15) is 28.7 Å². The van der Waals surface area contributed by atoms with Gasteiger partial charge in [-0.1, -0.05) is 25.1 Å². The average molecular weight is 460 g/mol. The van der Waals surface area contributed by atoms with Crippen LogP contribution in [0.15, 0.2) is 59.4 Å². The summed E-state index contributed by atoms with van der Waals surface area (Å²) in [4.78, 5) is 32.8. The van der Waals surface area contributed by atoms with Crippen LogP contribution in [-0.2, 0) is 24.2 Å². The van der Waals surface area contributed by atoms with E-state index in [4.69, 9.17) is 4.74 Å². The minimum Gasteiger partial charge on any atom is -0.457 e. The van der Waals surface area contributed by atoms with Crippen molar-refractivity contribution in [1.29, 1.82) is 0 Å². The smallest absolute Gasteiger partial charge is 0.263 e. The molecule has 1 amide bonds. The molecule has 0 radical (unpaired) electrons. The number of hydrogen-bond acceptors (Lipinski definition) is 5. The zero-order chi connectivity index (χ0) is 22.9. The van der Waals surface area contributed by atoms with Gasteiger partial charge in [0.25, 0.3) is 5.56 Å². The quantitative estimate of drug-likeness (QED) is 0.438.